The molecule has 2 aliphatic rings. The lowest BCUT2D eigenvalue weighted by Crippen LogP contribution is -2.56. The Morgan fingerprint density at radius 3 is 2.36 bits per heavy atom. The van der Waals surface area contributed by atoms with Crippen LogP contribution in [0.3, 0.4) is 0 Å². The highest BCUT2D eigenvalue weighted by Gasteiger charge is 2.61. The molecule has 2 aliphatic heterocycles. The maximum absolute atomic E-state index is 15.4. The van der Waals surface area contributed by atoms with E-state index in [2.05, 4.69) is 5.32 Å². The number of aromatic nitrogens is 1. The molecule has 1 saturated heterocycles. The Balaban J connectivity index is 1.86. The number of piperidine rings is 1. The maximum atomic E-state index is 15.4. The first kappa shape index (κ1) is 31.4. The zero-order valence-electron chi connectivity index (χ0n) is 21.5. The average molecular weight is 614 g/mol. The number of alkyl halides is 5. The molecule has 1 aromatic carbocycles. The number of carbonyl (C=O) groups excluding carboxylic acids is 1. The first-order chi connectivity index (χ1) is 19.4. The van der Waals surface area contributed by atoms with Gasteiger partial charge in [-0.05, 0) is 25.8 Å². The molecular formula is C25H23F9N4O4. The Kier molecular flexibility index (Phi) is 8.16. The fourth-order valence-corrected chi connectivity index (χ4v) is 4.81. The summed E-state index contributed by atoms with van der Waals surface area (Å²) in [5, 5.41) is 23.9. The van der Waals surface area contributed by atoms with Gasteiger partial charge in [0.15, 0.2) is 11.6 Å². The van der Waals surface area contributed by atoms with Crippen molar-refractivity contribution in [3.63, 3.8) is 0 Å². The van der Waals surface area contributed by atoms with Gasteiger partial charge in [0.2, 0.25) is 5.43 Å². The summed E-state index contributed by atoms with van der Waals surface area (Å²) in [5.41, 5.74) is -6.12. The van der Waals surface area contributed by atoms with E-state index >= 15 is 4.39 Å². The van der Waals surface area contributed by atoms with Crippen LogP contribution < -0.4 is 16.1 Å². The summed E-state index contributed by atoms with van der Waals surface area (Å²) in [5.74, 6) is -13.4. The number of anilines is 1. The summed E-state index contributed by atoms with van der Waals surface area (Å²) in [6, 6.07) is -2.44. The number of benzene rings is 1. The molecule has 0 bridgehead atoms. The summed E-state index contributed by atoms with van der Waals surface area (Å²) >= 11 is 0. The van der Waals surface area contributed by atoms with Crippen molar-refractivity contribution in [3.05, 3.63) is 63.0 Å². The molecule has 2 aromatic rings. The molecule has 3 heterocycles. The van der Waals surface area contributed by atoms with Crippen molar-refractivity contribution in [2.24, 2.45) is 0 Å². The lowest BCUT2D eigenvalue weighted by atomic mass is 9.93. The number of rotatable bonds is 6. The first-order valence-corrected chi connectivity index (χ1v) is 12.3. The van der Waals surface area contributed by atoms with Crippen LogP contribution in [-0.4, -0.2) is 75.2 Å². The van der Waals surface area contributed by atoms with Crippen LogP contribution in [0.1, 0.15) is 35.7 Å². The molecule has 3 atom stereocenters. The standard InChI is InChI=1S/C25H23F9N4O4/c1-11(24(30,31)25(32,33)34)35-22(41)14-8-38(18-15(27)5-12(26)6-16(18)28)20-13(19(14)40)7-17(29)21(36-20)37-4-2-3-23(42,9-37)10-39/h5-8,11,21,36,39,42H,2-4,9-10H2,1H3,(H,35,41). The largest absolute Gasteiger partial charge is 0.455 e. The number of aliphatic hydroxyl groups excluding tert-OH is 1. The molecule has 4 N–H and O–H groups in total. The van der Waals surface area contributed by atoms with E-state index in [0.717, 1.165) is 0 Å². The predicted octanol–water partition coefficient (Wildman–Crippen LogP) is 3.45. The molecule has 1 fully saturated rings. The minimum atomic E-state index is -6.09. The number of fused-ring (bicyclic) bond motifs is 1. The van der Waals surface area contributed by atoms with Crippen molar-refractivity contribution in [1.29, 1.82) is 0 Å². The zero-order chi connectivity index (χ0) is 31.4. The normalized spacial score (nSPS) is 22.2. The van der Waals surface area contributed by atoms with Gasteiger partial charge in [-0.2, -0.15) is 22.0 Å². The van der Waals surface area contributed by atoms with Gasteiger partial charge in [0.1, 0.15) is 40.5 Å². The second-order valence-electron chi connectivity index (χ2n) is 10.1. The van der Waals surface area contributed by atoms with E-state index in [0.29, 0.717) is 23.8 Å². The van der Waals surface area contributed by atoms with Crippen LogP contribution in [0.5, 0.6) is 0 Å². The van der Waals surface area contributed by atoms with E-state index in [1.165, 1.54) is 10.2 Å². The topological polar surface area (TPSA) is 107 Å². The molecule has 1 aromatic heterocycles. The molecule has 0 spiro atoms. The SMILES string of the molecule is CC(NC(=O)c1cn(-c2c(F)cc(F)cc2F)c2c(c1=O)C=C(F)C(N1CCCC(O)(CO)C1)N2)C(F)(F)C(F)(F)F. The molecule has 4 rings (SSSR count). The molecule has 42 heavy (non-hydrogen) atoms. The van der Waals surface area contributed by atoms with Gasteiger partial charge in [0.05, 0.1) is 18.2 Å². The molecular weight excluding hydrogens is 591 g/mol. The Bertz CT molecular complexity index is 1470. The highest BCUT2D eigenvalue weighted by molar-refractivity contribution is 5.95. The summed E-state index contributed by atoms with van der Waals surface area (Å²) < 4.78 is 125. The predicted molar refractivity (Wildman–Crippen MR) is 129 cm³/mol. The lowest BCUT2D eigenvalue weighted by Gasteiger charge is -2.43. The van der Waals surface area contributed by atoms with E-state index in [1.54, 1.807) is 0 Å². The second kappa shape index (κ2) is 10.9. The third-order valence-electron chi connectivity index (χ3n) is 7.04. The first-order valence-electron chi connectivity index (χ1n) is 12.3. The van der Waals surface area contributed by atoms with Crippen LogP contribution >= 0.6 is 0 Å². The number of pyridine rings is 1. The molecule has 3 unspecified atom stereocenters. The Hall–Kier alpha value is -3.57. The van der Waals surface area contributed by atoms with Crippen molar-refractivity contribution < 1.29 is 54.5 Å². The highest BCUT2D eigenvalue weighted by Crippen LogP contribution is 2.38. The van der Waals surface area contributed by atoms with Crippen LogP contribution in [0.15, 0.2) is 29.0 Å². The Morgan fingerprint density at radius 2 is 1.79 bits per heavy atom. The van der Waals surface area contributed by atoms with Gasteiger partial charge in [-0.1, -0.05) is 0 Å². The van der Waals surface area contributed by atoms with Gasteiger partial charge in [-0.15, -0.1) is 0 Å². The summed E-state index contributed by atoms with van der Waals surface area (Å²) in [6.45, 7) is -0.516. The van der Waals surface area contributed by atoms with Crippen LogP contribution in [0.2, 0.25) is 0 Å². The van der Waals surface area contributed by atoms with Crippen molar-refractivity contribution in [3.8, 4) is 5.69 Å². The van der Waals surface area contributed by atoms with Crippen LogP contribution in [0.4, 0.5) is 45.3 Å². The van der Waals surface area contributed by atoms with Gasteiger partial charge < -0.3 is 20.8 Å². The van der Waals surface area contributed by atoms with E-state index in [4.69, 9.17) is 0 Å². The fourth-order valence-electron chi connectivity index (χ4n) is 4.81. The second-order valence-corrected chi connectivity index (χ2v) is 10.1. The van der Waals surface area contributed by atoms with Crippen molar-refractivity contribution in [2.45, 2.75) is 49.7 Å². The summed E-state index contributed by atoms with van der Waals surface area (Å²) in [7, 11) is 0. The molecule has 230 valence electrons. The van der Waals surface area contributed by atoms with Crippen molar-refractivity contribution in [1.82, 2.24) is 14.8 Å². The quantitative estimate of drug-likeness (QED) is 0.372. The van der Waals surface area contributed by atoms with Gasteiger partial charge in [-0.3, -0.25) is 19.1 Å². The lowest BCUT2D eigenvalue weighted by molar-refractivity contribution is -0.290. The highest BCUT2D eigenvalue weighted by atomic mass is 19.4. The Morgan fingerprint density at radius 1 is 1.17 bits per heavy atom. The molecule has 0 radical (unpaired) electrons. The number of β-amino-alcohol motifs (C(OH)–C–C–N with tert-alkyl or cyclic N) is 1. The molecule has 17 heteroatoms. The van der Waals surface area contributed by atoms with Gasteiger partial charge >= 0.3 is 12.1 Å². The van der Waals surface area contributed by atoms with E-state index in [-0.39, 0.29) is 38.1 Å². The number of amides is 1. The van der Waals surface area contributed by atoms with Gasteiger partial charge in [0.25, 0.3) is 5.91 Å². The number of hydrogen-bond donors (Lipinski definition) is 4. The third kappa shape index (κ3) is 5.59. The number of likely N-dealkylation sites (tertiary alicyclic amines) is 1. The van der Waals surface area contributed by atoms with Crippen molar-refractivity contribution in [2.75, 3.05) is 25.0 Å². The smallest absolute Gasteiger partial charge is 0.393 e. The van der Waals surface area contributed by atoms with E-state index in [9.17, 15) is 54.9 Å². The average Bonchev–Trinajstić information content (AvgIpc) is 2.88. The Labute approximate surface area is 231 Å². The molecule has 8 nitrogen and oxygen atoms in total. The summed E-state index contributed by atoms with van der Waals surface area (Å²) in [4.78, 5) is 27.3. The summed E-state index contributed by atoms with van der Waals surface area (Å²) in [6.07, 6.45) is -6.14. The number of hydrogen-bond acceptors (Lipinski definition) is 6. The number of aliphatic hydroxyl groups is 2. The van der Waals surface area contributed by atoms with Crippen molar-refractivity contribution >= 4 is 17.8 Å². The minimum absolute atomic E-state index is 0.145. The number of carbonyl (C=O) groups is 1. The van der Waals surface area contributed by atoms with Crippen LogP contribution in [0, 0.1) is 17.5 Å². The van der Waals surface area contributed by atoms with E-state index < -0.39 is 93.8 Å². The van der Waals surface area contributed by atoms with Gasteiger partial charge in [-0.25, -0.2) is 17.6 Å². The van der Waals surface area contributed by atoms with Crippen LogP contribution in [-0.2, 0) is 0 Å². The maximum Gasteiger partial charge on any atom is 0.455 e. The fraction of sp³-hybridized carbons (Fsp3) is 0.440. The molecule has 0 aliphatic carbocycles. The molecule has 1 amide bonds. The zero-order valence-corrected chi connectivity index (χ0v) is 21.5. The van der Waals surface area contributed by atoms with Gasteiger partial charge in [0, 0.05) is 31.4 Å². The third-order valence-corrected chi connectivity index (χ3v) is 7.04. The number of nitrogens with one attached hydrogen (secondary N) is 2. The van der Waals surface area contributed by atoms with E-state index in [1.807, 2.05) is 0 Å². The molecule has 0 saturated carbocycles. The monoisotopic (exact) mass is 614 g/mol. The minimum Gasteiger partial charge on any atom is -0.393 e. The van der Waals surface area contributed by atoms with Crippen LogP contribution in [0.25, 0.3) is 11.8 Å². The number of halogens is 9. The number of nitrogens with zero attached hydrogens (tertiary/aromatic N) is 2.